The molecule has 2 rings (SSSR count). The van der Waals surface area contributed by atoms with E-state index in [0.717, 1.165) is 12.1 Å². The number of hydrazone groups is 1. The number of halogens is 3. The fraction of sp³-hybridized carbons (Fsp3) is 0. The van der Waals surface area contributed by atoms with Gasteiger partial charge in [0, 0.05) is 6.07 Å². The zero-order chi connectivity index (χ0) is 13.0. The summed E-state index contributed by atoms with van der Waals surface area (Å²) in [6, 6.07) is 8.87. The molecule has 0 radical (unpaired) electrons. The molecule has 2 aromatic carbocycles. The second-order valence-electron chi connectivity index (χ2n) is 3.55. The number of hydrogen-bond acceptors (Lipinski definition) is 2. The Morgan fingerprint density at radius 3 is 2.44 bits per heavy atom. The molecule has 18 heavy (non-hydrogen) atoms. The van der Waals surface area contributed by atoms with Crippen LogP contribution in [0.2, 0.25) is 0 Å². The van der Waals surface area contributed by atoms with E-state index < -0.39 is 11.6 Å². The Balaban J connectivity index is 2.07. The van der Waals surface area contributed by atoms with Crippen LogP contribution in [0.25, 0.3) is 0 Å². The Kier molecular flexibility index (Phi) is 3.62. The van der Waals surface area contributed by atoms with Gasteiger partial charge in [0.1, 0.15) is 11.6 Å². The first-order chi connectivity index (χ1) is 8.65. The van der Waals surface area contributed by atoms with Crippen molar-refractivity contribution in [1.82, 2.24) is 0 Å². The summed E-state index contributed by atoms with van der Waals surface area (Å²) < 4.78 is 38.7. The third-order valence-electron chi connectivity index (χ3n) is 2.18. The number of hydrogen-bond donors (Lipinski definition) is 1. The molecule has 0 spiro atoms. The van der Waals surface area contributed by atoms with Crippen LogP contribution in [0.5, 0.6) is 0 Å². The summed E-state index contributed by atoms with van der Waals surface area (Å²) in [5, 5.41) is 3.74. The maximum atomic E-state index is 13.2. The van der Waals surface area contributed by atoms with Gasteiger partial charge in [-0.15, -0.1) is 0 Å². The number of benzene rings is 2. The van der Waals surface area contributed by atoms with Crippen LogP contribution in [0.15, 0.2) is 47.6 Å². The molecule has 92 valence electrons. The van der Waals surface area contributed by atoms with Crippen molar-refractivity contribution in [3.8, 4) is 0 Å². The van der Waals surface area contributed by atoms with Gasteiger partial charge >= 0.3 is 0 Å². The number of rotatable bonds is 3. The Labute approximate surface area is 102 Å². The zero-order valence-corrected chi connectivity index (χ0v) is 9.20. The molecule has 0 saturated carbocycles. The van der Waals surface area contributed by atoms with Crippen LogP contribution < -0.4 is 5.43 Å². The smallest absolute Gasteiger partial charge is 0.151 e. The van der Waals surface area contributed by atoms with E-state index in [4.69, 9.17) is 0 Å². The summed E-state index contributed by atoms with van der Waals surface area (Å²) in [6.07, 6.45) is 1.34. The Bertz CT molecular complexity index is 582. The molecule has 0 atom stereocenters. The zero-order valence-electron chi connectivity index (χ0n) is 9.20. The predicted molar refractivity (Wildman–Crippen MR) is 64.0 cm³/mol. The summed E-state index contributed by atoms with van der Waals surface area (Å²) in [6.45, 7) is 0. The summed E-state index contributed by atoms with van der Waals surface area (Å²) in [4.78, 5) is 0. The van der Waals surface area contributed by atoms with Crippen LogP contribution in [0, 0.1) is 17.5 Å². The second-order valence-corrected chi connectivity index (χ2v) is 3.55. The largest absolute Gasteiger partial charge is 0.276 e. The molecule has 0 saturated heterocycles. The highest BCUT2D eigenvalue weighted by atomic mass is 19.1. The number of nitrogens with one attached hydrogen (secondary N) is 1. The van der Waals surface area contributed by atoms with E-state index in [1.807, 2.05) is 0 Å². The van der Waals surface area contributed by atoms with E-state index in [-0.39, 0.29) is 11.5 Å². The van der Waals surface area contributed by atoms with Gasteiger partial charge in [0.05, 0.1) is 11.9 Å². The number of nitrogens with zero attached hydrogens (tertiary/aromatic N) is 1. The van der Waals surface area contributed by atoms with Crippen molar-refractivity contribution >= 4 is 11.9 Å². The van der Waals surface area contributed by atoms with Gasteiger partial charge in [-0.3, -0.25) is 5.43 Å². The Morgan fingerprint density at radius 1 is 0.944 bits per heavy atom. The highest BCUT2D eigenvalue weighted by Gasteiger charge is 2.01. The molecular weight excluding hydrogens is 241 g/mol. The quantitative estimate of drug-likeness (QED) is 0.653. The standard InChI is InChI=1S/C13H9F3N2/c14-10-3-1-2-9(6-10)8-17-18-13-5-4-11(15)7-12(13)16/h1-8,18H. The van der Waals surface area contributed by atoms with Gasteiger partial charge in [-0.05, 0) is 29.8 Å². The molecule has 0 unspecified atom stereocenters. The molecule has 0 aromatic heterocycles. The van der Waals surface area contributed by atoms with Gasteiger partial charge in [0.25, 0.3) is 0 Å². The fourth-order valence-electron chi connectivity index (χ4n) is 1.34. The molecule has 0 bridgehead atoms. The second kappa shape index (κ2) is 5.35. The lowest BCUT2D eigenvalue weighted by molar-refractivity contribution is 0.585. The SMILES string of the molecule is Fc1cccc(C=NNc2ccc(F)cc2F)c1. The van der Waals surface area contributed by atoms with Crippen molar-refractivity contribution in [1.29, 1.82) is 0 Å². The topological polar surface area (TPSA) is 24.4 Å². The van der Waals surface area contributed by atoms with Crippen LogP contribution in [0.1, 0.15) is 5.56 Å². The molecular formula is C13H9F3N2. The van der Waals surface area contributed by atoms with E-state index in [9.17, 15) is 13.2 Å². The lowest BCUT2D eigenvalue weighted by atomic mass is 10.2. The average molecular weight is 250 g/mol. The van der Waals surface area contributed by atoms with Gasteiger partial charge in [-0.2, -0.15) is 5.10 Å². The lowest BCUT2D eigenvalue weighted by Gasteiger charge is -2.01. The fourth-order valence-corrected chi connectivity index (χ4v) is 1.34. The first-order valence-corrected chi connectivity index (χ1v) is 5.15. The van der Waals surface area contributed by atoms with Crippen molar-refractivity contribution in [2.24, 2.45) is 5.10 Å². The summed E-state index contributed by atoms with van der Waals surface area (Å²) in [5.41, 5.74) is 2.99. The van der Waals surface area contributed by atoms with Crippen LogP contribution in [0.3, 0.4) is 0 Å². The van der Waals surface area contributed by atoms with Crippen molar-refractivity contribution in [2.45, 2.75) is 0 Å². The predicted octanol–water partition coefficient (Wildman–Crippen LogP) is 3.55. The minimum atomic E-state index is -0.744. The first kappa shape index (κ1) is 12.2. The highest BCUT2D eigenvalue weighted by Crippen LogP contribution is 2.14. The highest BCUT2D eigenvalue weighted by molar-refractivity contribution is 5.80. The average Bonchev–Trinajstić information content (AvgIpc) is 2.32. The van der Waals surface area contributed by atoms with E-state index in [1.165, 1.54) is 30.5 Å². The Hall–Kier alpha value is -2.30. The van der Waals surface area contributed by atoms with E-state index in [1.54, 1.807) is 6.07 Å². The Morgan fingerprint density at radius 2 is 1.72 bits per heavy atom. The van der Waals surface area contributed by atoms with Crippen molar-refractivity contribution in [3.05, 3.63) is 65.5 Å². The van der Waals surface area contributed by atoms with Gasteiger partial charge in [-0.25, -0.2) is 13.2 Å². The van der Waals surface area contributed by atoms with Crippen molar-refractivity contribution in [2.75, 3.05) is 5.43 Å². The number of anilines is 1. The van der Waals surface area contributed by atoms with Crippen LogP contribution in [0.4, 0.5) is 18.9 Å². The van der Waals surface area contributed by atoms with E-state index >= 15 is 0 Å². The molecule has 1 N–H and O–H groups in total. The van der Waals surface area contributed by atoms with Gasteiger partial charge in [0.15, 0.2) is 5.82 Å². The monoisotopic (exact) mass is 250 g/mol. The molecule has 0 fully saturated rings. The molecule has 0 amide bonds. The summed E-state index contributed by atoms with van der Waals surface area (Å²) in [5.74, 6) is -1.79. The summed E-state index contributed by atoms with van der Waals surface area (Å²) in [7, 11) is 0. The van der Waals surface area contributed by atoms with E-state index in [0.29, 0.717) is 5.56 Å². The maximum Gasteiger partial charge on any atom is 0.151 e. The molecule has 0 aliphatic rings. The molecule has 0 heterocycles. The molecule has 2 aromatic rings. The van der Waals surface area contributed by atoms with E-state index in [2.05, 4.69) is 10.5 Å². The van der Waals surface area contributed by atoms with Gasteiger partial charge < -0.3 is 0 Å². The van der Waals surface area contributed by atoms with Crippen LogP contribution in [-0.2, 0) is 0 Å². The maximum absolute atomic E-state index is 13.2. The lowest BCUT2D eigenvalue weighted by Crippen LogP contribution is -1.94. The van der Waals surface area contributed by atoms with Gasteiger partial charge in [0.2, 0.25) is 0 Å². The van der Waals surface area contributed by atoms with Crippen LogP contribution in [-0.4, -0.2) is 6.21 Å². The van der Waals surface area contributed by atoms with Crippen LogP contribution >= 0.6 is 0 Å². The first-order valence-electron chi connectivity index (χ1n) is 5.15. The van der Waals surface area contributed by atoms with Gasteiger partial charge in [-0.1, -0.05) is 12.1 Å². The third-order valence-corrected chi connectivity index (χ3v) is 2.18. The minimum absolute atomic E-state index is 0.0454. The van der Waals surface area contributed by atoms with Crippen molar-refractivity contribution in [3.63, 3.8) is 0 Å². The van der Waals surface area contributed by atoms with Crippen molar-refractivity contribution < 1.29 is 13.2 Å². The normalized spacial score (nSPS) is 10.8. The minimum Gasteiger partial charge on any atom is -0.276 e. The molecule has 0 aliphatic carbocycles. The summed E-state index contributed by atoms with van der Waals surface area (Å²) >= 11 is 0. The molecule has 2 nitrogen and oxygen atoms in total. The molecule has 5 heteroatoms. The third kappa shape index (κ3) is 3.10. The molecule has 0 aliphatic heterocycles.